The number of hydrogen-bond acceptors (Lipinski definition) is 4. The van der Waals surface area contributed by atoms with E-state index >= 15 is 0 Å². The quantitative estimate of drug-likeness (QED) is 0.546. The summed E-state index contributed by atoms with van der Waals surface area (Å²) in [6, 6.07) is 15.0. The molecule has 0 radical (unpaired) electrons. The number of ether oxygens (including phenoxy) is 2. The van der Waals surface area contributed by atoms with Gasteiger partial charge >= 0.3 is 0 Å². The van der Waals surface area contributed by atoms with Gasteiger partial charge in [0.15, 0.2) is 17.3 Å². The highest BCUT2D eigenvalue weighted by Gasteiger charge is 2.15. The van der Waals surface area contributed by atoms with Crippen molar-refractivity contribution in [3.8, 4) is 17.2 Å². The summed E-state index contributed by atoms with van der Waals surface area (Å²) in [5.74, 6) is 1.17. The molecule has 1 aliphatic rings. The predicted molar refractivity (Wildman–Crippen MR) is 89.5 cm³/mol. The largest absolute Gasteiger partial charge is 0.454 e. The minimum Gasteiger partial charge on any atom is -0.454 e. The Morgan fingerprint density at radius 2 is 1.92 bits per heavy atom. The van der Waals surface area contributed by atoms with Crippen LogP contribution in [0.4, 0.5) is 0 Å². The van der Waals surface area contributed by atoms with Gasteiger partial charge in [-0.3, -0.25) is 4.79 Å². The number of para-hydroxylation sites is 1. The minimum absolute atomic E-state index is 0.0965. The fourth-order valence-electron chi connectivity index (χ4n) is 2.46. The van der Waals surface area contributed by atoms with Crippen molar-refractivity contribution in [2.75, 3.05) is 6.79 Å². The maximum atomic E-state index is 12.3. The van der Waals surface area contributed by atoms with Crippen LogP contribution in [0.25, 0.3) is 11.8 Å². The highest BCUT2D eigenvalue weighted by Crippen LogP contribution is 2.32. The zero-order chi connectivity index (χ0) is 16.4. The summed E-state index contributed by atoms with van der Waals surface area (Å²) in [6.07, 6.45) is 6.87. The number of carbonyl (C=O) groups excluding carboxylic acids is 1. The number of fused-ring (bicyclic) bond motifs is 1. The van der Waals surface area contributed by atoms with Gasteiger partial charge in [0, 0.05) is 17.3 Å². The Bertz CT molecular complexity index is 913. The molecule has 5 heteroatoms. The van der Waals surface area contributed by atoms with Gasteiger partial charge in [-0.05, 0) is 42.5 Å². The zero-order valence-corrected chi connectivity index (χ0v) is 12.8. The average Bonchev–Trinajstić information content (AvgIpc) is 3.29. The van der Waals surface area contributed by atoms with Crippen molar-refractivity contribution in [3.63, 3.8) is 0 Å². The van der Waals surface area contributed by atoms with Crippen molar-refractivity contribution in [2.24, 2.45) is 0 Å². The minimum atomic E-state index is -0.0965. The van der Waals surface area contributed by atoms with Crippen molar-refractivity contribution >= 4 is 11.9 Å². The lowest BCUT2D eigenvalue weighted by molar-refractivity contribution is 0.104. The summed E-state index contributed by atoms with van der Waals surface area (Å²) < 4.78 is 12.3. The Kier molecular flexibility index (Phi) is 3.59. The molecule has 2 heterocycles. The van der Waals surface area contributed by atoms with Crippen molar-refractivity contribution < 1.29 is 14.3 Å². The van der Waals surface area contributed by atoms with Gasteiger partial charge in [-0.1, -0.05) is 18.2 Å². The van der Waals surface area contributed by atoms with Gasteiger partial charge in [0.05, 0.1) is 11.9 Å². The van der Waals surface area contributed by atoms with Gasteiger partial charge in [-0.25, -0.2) is 4.68 Å². The highest BCUT2D eigenvalue weighted by molar-refractivity contribution is 6.07. The summed E-state index contributed by atoms with van der Waals surface area (Å²) in [7, 11) is 0. The van der Waals surface area contributed by atoms with Gasteiger partial charge in [-0.15, -0.1) is 0 Å². The molecular weight excluding hydrogens is 304 g/mol. The van der Waals surface area contributed by atoms with Crippen LogP contribution < -0.4 is 9.47 Å². The van der Waals surface area contributed by atoms with Crippen LogP contribution in [-0.2, 0) is 0 Å². The standard InChI is InChI=1S/C19H14N2O3/c22-17(15-7-9-18-19(10-15)24-13-23-18)8-6-14-11-20-21(12-14)16-4-2-1-3-5-16/h1-12H,13H2. The van der Waals surface area contributed by atoms with Crippen LogP contribution in [0.2, 0.25) is 0 Å². The molecule has 5 nitrogen and oxygen atoms in total. The Morgan fingerprint density at radius 3 is 2.79 bits per heavy atom. The van der Waals surface area contributed by atoms with Crippen LogP contribution in [0, 0.1) is 0 Å². The lowest BCUT2D eigenvalue weighted by Gasteiger charge is -1.99. The van der Waals surface area contributed by atoms with Crippen molar-refractivity contribution in [3.05, 3.63) is 78.1 Å². The average molecular weight is 318 g/mol. The Hall–Kier alpha value is -3.34. The first-order chi connectivity index (χ1) is 11.8. The molecule has 0 unspecified atom stereocenters. The van der Waals surface area contributed by atoms with Gasteiger partial charge in [0.2, 0.25) is 6.79 Å². The SMILES string of the molecule is O=C(C=Cc1cnn(-c2ccccc2)c1)c1ccc2c(c1)OCO2. The Morgan fingerprint density at radius 1 is 1.08 bits per heavy atom. The second kappa shape index (κ2) is 6.04. The topological polar surface area (TPSA) is 53.4 Å². The van der Waals surface area contributed by atoms with Gasteiger partial charge in [0.1, 0.15) is 0 Å². The molecule has 0 bridgehead atoms. The molecule has 2 aromatic carbocycles. The number of aromatic nitrogens is 2. The van der Waals surface area contributed by atoms with Crippen molar-refractivity contribution in [1.29, 1.82) is 0 Å². The van der Waals surface area contributed by atoms with E-state index in [-0.39, 0.29) is 12.6 Å². The number of rotatable bonds is 4. The predicted octanol–water partition coefficient (Wildman–Crippen LogP) is 3.50. The molecule has 1 aliphatic heterocycles. The molecule has 4 rings (SSSR count). The van der Waals surface area contributed by atoms with Crippen LogP contribution in [0.1, 0.15) is 15.9 Å². The molecule has 0 fully saturated rings. The molecule has 0 saturated carbocycles. The second-order valence-electron chi connectivity index (χ2n) is 5.32. The third-order valence-corrected chi connectivity index (χ3v) is 3.71. The van der Waals surface area contributed by atoms with Crippen LogP contribution in [0.15, 0.2) is 67.0 Å². The maximum Gasteiger partial charge on any atom is 0.231 e. The van der Waals surface area contributed by atoms with Crippen LogP contribution in [-0.4, -0.2) is 22.4 Å². The number of benzene rings is 2. The van der Waals surface area contributed by atoms with Gasteiger partial charge in [0.25, 0.3) is 0 Å². The molecule has 1 aromatic heterocycles. The summed E-state index contributed by atoms with van der Waals surface area (Å²) in [5, 5.41) is 4.30. The highest BCUT2D eigenvalue weighted by atomic mass is 16.7. The lowest BCUT2D eigenvalue weighted by atomic mass is 10.1. The molecule has 118 valence electrons. The molecule has 0 aliphatic carbocycles. The van der Waals surface area contributed by atoms with E-state index in [9.17, 15) is 4.79 Å². The monoisotopic (exact) mass is 318 g/mol. The maximum absolute atomic E-state index is 12.3. The fraction of sp³-hybridized carbons (Fsp3) is 0.0526. The summed E-state index contributed by atoms with van der Waals surface area (Å²) >= 11 is 0. The van der Waals surface area contributed by atoms with Crippen LogP contribution >= 0.6 is 0 Å². The number of nitrogens with zero attached hydrogens (tertiary/aromatic N) is 2. The van der Waals surface area contributed by atoms with E-state index in [0.29, 0.717) is 17.1 Å². The molecule has 0 N–H and O–H groups in total. The summed E-state index contributed by atoms with van der Waals surface area (Å²) in [5.41, 5.74) is 2.39. The lowest BCUT2D eigenvalue weighted by Crippen LogP contribution is -1.94. The van der Waals surface area contributed by atoms with Gasteiger partial charge in [-0.2, -0.15) is 5.10 Å². The van der Waals surface area contributed by atoms with Crippen LogP contribution in [0.3, 0.4) is 0 Å². The van der Waals surface area contributed by atoms with E-state index in [0.717, 1.165) is 11.3 Å². The van der Waals surface area contributed by atoms with Crippen molar-refractivity contribution in [1.82, 2.24) is 9.78 Å². The van der Waals surface area contributed by atoms with E-state index < -0.39 is 0 Å². The molecule has 0 saturated heterocycles. The van der Waals surface area contributed by atoms with E-state index in [2.05, 4.69) is 5.10 Å². The second-order valence-corrected chi connectivity index (χ2v) is 5.32. The first-order valence-corrected chi connectivity index (χ1v) is 7.52. The molecule has 0 amide bonds. The smallest absolute Gasteiger partial charge is 0.231 e. The normalized spacial score (nSPS) is 12.7. The Balaban J connectivity index is 1.51. The van der Waals surface area contributed by atoms with Crippen LogP contribution in [0.5, 0.6) is 11.5 Å². The molecular formula is C19H14N2O3. The third-order valence-electron chi connectivity index (χ3n) is 3.71. The van der Waals surface area contributed by atoms with Gasteiger partial charge < -0.3 is 9.47 Å². The molecule has 0 spiro atoms. The summed E-state index contributed by atoms with van der Waals surface area (Å²) in [4.78, 5) is 12.3. The Labute approximate surface area is 138 Å². The molecule has 0 atom stereocenters. The fourth-order valence-corrected chi connectivity index (χ4v) is 2.46. The van der Waals surface area contributed by atoms with E-state index in [1.165, 1.54) is 6.08 Å². The van der Waals surface area contributed by atoms with Crippen molar-refractivity contribution in [2.45, 2.75) is 0 Å². The number of hydrogen-bond donors (Lipinski definition) is 0. The number of ketones is 1. The summed E-state index contributed by atoms with van der Waals surface area (Å²) in [6.45, 7) is 0.196. The van der Waals surface area contributed by atoms with E-state index in [1.54, 1.807) is 35.2 Å². The first-order valence-electron chi connectivity index (χ1n) is 7.52. The number of carbonyl (C=O) groups is 1. The number of allylic oxidation sites excluding steroid dienone is 1. The van der Waals surface area contributed by atoms with E-state index in [4.69, 9.17) is 9.47 Å². The zero-order valence-electron chi connectivity index (χ0n) is 12.8. The molecule has 24 heavy (non-hydrogen) atoms. The third kappa shape index (κ3) is 2.79. The first kappa shape index (κ1) is 14.3. The molecule has 3 aromatic rings. The van der Waals surface area contributed by atoms with E-state index in [1.807, 2.05) is 36.5 Å².